The van der Waals surface area contributed by atoms with E-state index in [2.05, 4.69) is 30.9 Å². The van der Waals surface area contributed by atoms with Gasteiger partial charge in [-0.15, -0.1) is 11.3 Å². The summed E-state index contributed by atoms with van der Waals surface area (Å²) in [4.78, 5) is 5.50. The van der Waals surface area contributed by atoms with Crippen molar-refractivity contribution in [3.05, 3.63) is 21.9 Å². The Labute approximate surface area is 102 Å². The summed E-state index contributed by atoms with van der Waals surface area (Å²) in [6, 6.07) is 5.77. The lowest BCUT2D eigenvalue weighted by Crippen LogP contribution is -2.34. The van der Waals surface area contributed by atoms with Crippen LogP contribution in [0.5, 0.6) is 0 Å². The fraction of sp³-hybridized carbons (Fsp3) is 0.692. The van der Waals surface area contributed by atoms with Crippen LogP contribution in [-0.2, 0) is 6.42 Å². The van der Waals surface area contributed by atoms with Gasteiger partial charge in [-0.1, -0.05) is 13.8 Å². The summed E-state index contributed by atoms with van der Waals surface area (Å²) in [6.45, 7) is 6.32. The third-order valence-electron chi connectivity index (χ3n) is 3.36. The average molecular weight is 238 g/mol. The zero-order chi connectivity index (χ0) is 11.5. The minimum Gasteiger partial charge on any atom is -0.329 e. The van der Waals surface area contributed by atoms with Crippen LogP contribution in [0.3, 0.4) is 0 Å². The molecular weight excluding hydrogens is 216 g/mol. The monoisotopic (exact) mass is 238 g/mol. The van der Waals surface area contributed by atoms with Crippen LogP contribution in [0.2, 0.25) is 0 Å². The third-order valence-corrected chi connectivity index (χ3v) is 4.69. The number of nitrogens with two attached hydrogens (primary N) is 1. The lowest BCUT2D eigenvalue weighted by Gasteiger charge is -2.29. The van der Waals surface area contributed by atoms with Crippen LogP contribution in [0.1, 0.15) is 42.5 Å². The molecule has 1 saturated carbocycles. The second kappa shape index (κ2) is 5.30. The van der Waals surface area contributed by atoms with E-state index in [1.165, 1.54) is 22.6 Å². The topological polar surface area (TPSA) is 29.3 Å². The Balaban J connectivity index is 2.13. The first-order chi connectivity index (χ1) is 7.80. The molecule has 1 aliphatic rings. The van der Waals surface area contributed by atoms with Gasteiger partial charge < -0.3 is 5.73 Å². The highest BCUT2D eigenvalue weighted by molar-refractivity contribution is 7.12. The molecule has 0 aliphatic heterocycles. The molecule has 1 fully saturated rings. The highest BCUT2D eigenvalue weighted by atomic mass is 32.1. The normalized spacial score (nSPS) is 18.0. The molecule has 2 N–H and O–H groups in total. The summed E-state index contributed by atoms with van der Waals surface area (Å²) in [7, 11) is 0. The first-order valence-corrected chi connectivity index (χ1v) is 7.16. The van der Waals surface area contributed by atoms with Crippen LogP contribution in [0, 0.1) is 0 Å². The van der Waals surface area contributed by atoms with Gasteiger partial charge in [-0.05, 0) is 37.9 Å². The molecule has 1 atom stereocenters. The third kappa shape index (κ3) is 2.47. The van der Waals surface area contributed by atoms with E-state index in [4.69, 9.17) is 5.73 Å². The maximum Gasteiger partial charge on any atom is 0.0566 e. The number of rotatable bonds is 6. The van der Waals surface area contributed by atoms with Gasteiger partial charge in [-0.2, -0.15) is 0 Å². The van der Waals surface area contributed by atoms with Gasteiger partial charge in [0.15, 0.2) is 0 Å². The molecule has 0 aromatic carbocycles. The summed E-state index contributed by atoms with van der Waals surface area (Å²) in [5.41, 5.74) is 5.96. The second-order valence-corrected chi connectivity index (χ2v) is 5.67. The molecule has 0 radical (unpaired) electrons. The molecule has 2 rings (SSSR count). The Bertz CT molecular complexity index is 330. The van der Waals surface area contributed by atoms with Crippen molar-refractivity contribution in [1.82, 2.24) is 4.90 Å². The summed E-state index contributed by atoms with van der Waals surface area (Å²) in [6.07, 6.45) is 3.85. The highest BCUT2D eigenvalue weighted by Gasteiger charge is 2.33. The van der Waals surface area contributed by atoms with Crippen LogP contribution >= 0.6 is 11.3 Å². The van der Waals surface area contributed by atoms with Crippen molar-refractivity contribution in [1.29, 1.82) is 0 Å². The number of hydrogen-bond acceptors (Lipinski definition) is 3. The quantitative estimate of drug-likeness (QED) is 0.825. The fourth-order valence-corrected chi connectivity index (χ4v) is 3.40. The van der Waals surface area contributed by atoms with E-state index < -0.39 is 0 Å². The molecule has 2 nitrogen and oxygen atoms in total. The predicted molar refractivity (Wildman–Crippen MR) is 70.9 cm³/mol. The maximum atomic E-state index is 5.96. The van der Waals surface area contributed by atoms with E-state index in [1.807, 2.05) is 11.3 Å². The molecule has 0 saturated heterocycles. The molecular formula is C13H22N2S. The Morgan fingerprint density at radius 3 is 2.62 bits per heavy atom. The van der Waals surface area contributed by atoms with Gasteiger partial charge in [0.05, 0.1) is 6.04 Å². The van der Waals surface area contributed by atoms with Crippen LogP contribution in [0.15, 0.2) is 12.1 Å². The SMILES string of the molecule is CCc1ccc(C(CN)N(CC)C2CC2)s1. The Kier molecular flexibility index (Phi) is 4.00. The average Bonchev–Trinajstić information content (AvgIpc) is 3.03. The van der Waals surface area contributed by atoms with Gasteiger partial charge in [0, 0.05) is 22.3 Å². The van der Waals surface area contributed by atoms with Crippen molar-refractivity contribution in [2.75, 3.05) is 13.1 Å². The minimum absolute atomic E-state index is 0.447. The van der Waals surface area contributed by atoms with Gasteiger partial charge in [0.1, 0.15) is 0 Å². The number of likely N-dealkylation sites (N-methyl/N-ethyl adjacent to an activating group) is 1. The molecule has 1 heterocycles. The van der Waals surface area contributed by atoms with Crippen molar-refractivity contribution in [2.45, 2.75) is 45.2 Å². The summed E-state index contributed by atoms with van der Waals surface area (Å²) in [5, 5.41) is 0. The molecule has 0 amide bonds. The first kappa shape index (κ1) is 12.1. The van der Waals surface area contributed by atoms with Crippen LogP contribution in [-0.4, -0.2) is 24.0 Å². The van der Waals surface area contributed by atoms with Crippen molar-refractivity contribution in [2.24, 2.45) is 5.73 Å². The summed E-state index contributed by atoms with van der Waals surface area (Å²) < 4.78 is 0. The predicted octanol–water partition coefficient (Wildman–Crippen LogP) is 2.79. The zero-order valence-corrected chi connectivity index (χ0v) is 11.1. The van der Waals surface area contributed by atoms with Crippen molar-refractivity contribution >= 4 is 11.3 Å². The standard InChI is InChI=1S/C13H22N2S/c1-3-11-7-8-13(16-11)12(9-14)15(4-2)10-5-6-10/h7-8,10,12H,3-6,9,14H2,1-2H3. The number of nitrogens with zero attached hydrogens (tertiary/aromatic N) is 1. The number of aryl methyl sites for hydroxylation is 1. The Morgan fingerprint density at radius 2 is 2.19 bits per heavy atom. The molecule has 90 valence electrons. The van der Waals surface area contributed by atoms with E-state index >= 15 is 0 Å². The van der Waals surface area contributed by atoms with Gasteiger partial charge >= 0.3 is 0 Å². The van der Waals surface area contributed by atoms with E-state index in [-0.39, 0.29) is 0 Å². The fourth-order valence-electron chi connectivity index (χ4n) is 2.32. The molecule has 1 unspecified atom stereocenters. The molecule has 1 aromatic rings. The van der Waals surface area contributed by atoms with E-state index in [1.54, 1.807) is 0 Å². The largest absolute Gasteiger partial charge is 0.329 e. The van der Waals surface area contributed by atoms with Crippen molar-refractivity contribution < 1.29 is 0 Å². The van der Waals surface area contributed by atoms with Crippen molar-refractivity contribution in [3.8, 4) is 0 Å². The molecule has 3 heteroatoms. The molecule has 1 aliphatic carbocycles. The summed E-state index contributed by atoms with van der Waals surface area (Å²) in [5.74, 6) is 0. The molecule has 1 aromatic heterocycles. The van der Waals surface area contributed by atoms with E-state index in [0.29, 0.717) is 6.04 Å². The molecule has 0 spiro atoms. The van der Waals surface area contributed by atoms with E-state index in [0.717, 1.165) is 25.6 Å². The van der Waals surface area contributed by atoms with E-state index in [9.17, 15) is 0 Å². The summed E-state index contributed by atoms with van der Waals surface area (Å²) >= 11 is 1.93. The van der Waals surface area contributed by atoms with Crippen LogP contribution in [0.25, 0.3) is 0 Å². The maximum absolute atomic E-state index is 5.96. The molecule has 0 bridgehead atoms. The van der Waals surface area contributed by atoms with Gasteiger partial charge in [-0.25, -0.2) is 0 Å². The van der Waals surface area contributed by atoms with Crippen LogP contribution < -0.4 is 5.73 Å². The minimum atomic E-state index is 0.447. The smallest absolute Gasteiger partial charge is 0.0566 e. The lowest BCUT2D eigenvalue weighted by atomic mass is 10.2. The van der Waals surface area contributed by atoms with Crippen LogP contribution in [0.4, 0.5) is 0 Å². The van der Waals surface area contributed by atoms with Gasteiger partial charge in [0.2, 0.25) is 0 Å². The van der Waals surface area contributed by atoms with Crippen molar-refractivity contribution in [3.63, 3.8) is 0 Å². The highest BCUT2D eigenvalue weighted by Crippen LogP contribution is 2.36. The lowest BCUT2D eigenvalue weighted by molar-refractivity contribution is 0.205. The Morgan fingerprint density at radius 1 is 1.44 bits per heavy atom. The van der Waals surface area contributed by atoms with Gasteiger partial charge in [-0.3, -0.25) is 4.90 Å². The van der Waals surface area contributed by atoms with Gasteiger partial charge in [0.25, 0.3) is 0 Å². The molecule has 16 heavy (non-hydrogen) atoms. The zero-order valence-electron chi connectivity index (χ0n) is 10.3. The Hall–Kier alpha value is -0.380. The number of hydrogen-bond donors (Lipinski definition) is 1. The second-order valence-electron chi connectivity index (χ2n) is 4.47. The number of thiophene rings is 1. The first-order valence-electron chi connectivity index (χ1n) is 6.34.